The molecule has 2 rings (SSSR count). The van der Waals surface area contributed by atoms with E-state index < -0.39 is 5.56 Å². The van der Waals surface area contributed by atoms with E-state index in [1.54, 1.807) is 13.0 Å². The van der Waals surface area contributed by atoms with E-state index in [9.17, 15) is 9.90 Å². The highest BCUT2D eigenvalue weighted by Gasteiger charge is 2.14. The predicted molar refractivity (Wildman–Crippen MR) is 81.0 cm³/mol. The van der Waals surface area contributed by atoms with Crippen molar-refractivity contribution >= 4 is 24.3 Å². The molecule has 0 aliphatic heterocycles. The Kier molecular flexibility index (Phi) is 4.37. The maximum Gasteiger partial charge on any atom is 0.264 e. The van der Waals surface area contributed by atoms with Gasteiger partial charge in [-0.05, 0) is 32.5 Å². The molecule has 0 fully saturated rings. The first-order valence-electron chi connectivity index (χ1n) is 6.49. The number of H-pyrrole nitrogens is 1. The second kappa shape index (κ2) is 6.04. The maximum absolute atomic E-state index is 11.9. The standard InChI is InChI=1S/C13H16N4O3S/c1-4-7(2)17-12(19)9(11(18)15-13(17)21)6-14-10-5-8(3)20-16-10/h5-7,19H,4H2,1-3H3,(H,15,18,21)/t7-/m0/s1. The highest BCUT2D eigenvalue weighted by molar-refractivity contribution is 7.71. The lowest BCUT2D eigenvalue weighted by Crippen LogP contribution is -2.20. The van der Waals surface area contributed by atoms with Gasteiger partial charge in [-0.2, -0.15) is 0 Å². The van der Waals surface area contributed by atoms with E-state index in [1.165, 1.54) is 10.8 Å². The van der Waals surface area contributed by atoms with E-state index in [1.807, 2.05) is 13.8 Å². The van der Waals surface area contributed by atoms with E-state index in [0.717, 1.165) is 6.42 Å². The highest BCUT2D eigenvalue weighted by atomic mass is 32.1. The first-order valence-corrected chi connectivity index (χ1v) is 6.90. The number of aromatic amines is 1. The van der Waals surface area contributed by atoms with Crippen LogP contribution in [0.2, 0.25) is 0 Å². The van der Waals surface area contributed by atoms with Crippen LogP contribution in [0.3, 0.4) is 0 Å². The van der Waals surface area contributed by atoms with Gasteiger partial charge in [0.05, 0.1) is 0 Å². The average molecular weight is 308 g/mol. The molecule has 0 aliphatic carbocycles. The number of rotatable bonds is 4. The van der Waals surface area contributed by atoms with Gasteiger partial charge in [0, 0.05) is 18.3 Å². The fourth-order valence-electron chi connectivity index (χ4n) is 1.80. The topological polar surface area (TPSA) is 96.4 Å². The van der Waals surface area contributed by atoms with Crippen molar-refractivity contribution < 1.29 is 9.63 Å². The molecule has 0 aliphatic rings. The van der Waals surface area contributed by atoms with Crippen LogP contribution >= 0.6 is 12.2 Å². The fourth-order valence-corrected chi connectivity index (χ4v) is 2.16. The number of hydrogen-bond acceptors (Lipinski definition) is 6. The molecule has 8 heteroatoms. The molecular formula is C13H16N4O3S. The summed E-state index contributed by atoms with van der Waals surface area (Å²) in [4.78, 5) is 18.5. The van der Waals surface area contributed by atoms with Gasteiger partial charge in [0.25, 0.3) is 5.56 Å². The van der Waals surface area contributed by atoms with Gasteiger partial charge in [0.1, 0.15) is 11.3 Å². The van der Waals surface area contributed by atoms with Gasteiger partial charge in [-0.15, -0.1) is 0 Å². The Labute approximate surface area is 126 Å². The van der Waals surface area contributed by atoms with Gasteiger partial charge in [-0.3, -0.25) is 14.3 Å². The van der Waals surface area contributed by atoms with Crippen molar-refractivity contribution in [2.45, 2.75) is 33.2 Å². The summed E-state index contributed by atoms with van der Waals surface area (Å²) in [5, 5.41) is 14.0. The first-order chi connectivity index (χ1) is 9.93. The van der Waals surface area contributed by atoms with Gasteiger partial charge in [-0.1, -0.05) is 12.1 Å². The zero-order valence-corrected chi connectivity index (χ0v) is 12.8. The Hall–Kier alpha value is -2.22. The van der Waals surface area contributed by atoms with E-state index >= 15 is 0 Å². The molecule has 2 N–H and O–H groups in total. The molecule has 7 nitrogen and oxygen atoms in total. The minimum atomic E-state index is -0.499. The third kappa shape index (κ3) is 3.10. The molecule has 0 radical (unpaired) electrons. The molecule has 112 valence electrons. The van der Waals surface area contributed by atoms with Gasteiger partial charge in [0.2, 0.25) is 5.88 Å². The number of aromatic hydroxyl groups is 1. The summed E-state index contributed by atoms with van der Waals surface area (Å²) < 4.78 is 6.55. The van der Waals surface area contributed by atoms with Crippen LogP contribution in [-0.2, 0) is 0 Å². The average Bonchev–Trinajstić information content (AvgIpc) is 2.83. The summed E-state index contributed by atoms with van der Waals surface area (Å²) in [5.74, 6) is 0.724. The van der Waals surface area contributed by atoms with Crippen LogP contribution in [0.4, 0.5) is 5.82 Å². The van der Waals surface area contributed by atoms with Crippen LogP contribution in [-0.4, -0.2) is 26.0 Å². The van der Waals surface area contributed by atoms with Crippen LogP contribution in [0.15, 0.2) is 20.4 Å². The quantitative estimate of drug-likeness (QED) is 0.668. The number of aliphatic imine (C=N–C) groups is 1. The van der Waals surface area contributed by atoms with Gasteiger partial charge >= 0.3 is 0 Å². The summed E-state index contributed by atoms with van der Waals surface area (Å²) in [6, 6.07) is 1.57. The van der Waals surface area contributed by atoms with Crippen LogP contribution < -0.4 is 5.56 Å². The molecule has 0 amide bonds. The minimum Gasteiger partial charge on any atom is -0.494 e. The van der Waals surface area contributed by atoms with Crippen molar-refractivity contribution in [2.24, 2.45) is 4.99 Å². The van der Waals surface area contributed by atoms with Crippen LogP contribution in [0.5, 0.6) is 5.88 Å². The SMILES string of the molecule is CC[C@H](C)n1c(O)c(C=Nc2cc(C)on2)c(=O)[nH]c1=S. The first kappa shape index (κ1) is 15.2. The molecule has 2 aromatic rings. The maximum atomic E-state index is 11.9. The van der Waals surface area contributed by atoms with Gasteiger partial charge in [-0.25, -0.2) is 4.99 Å². The van der Waals surface area contributed by atoms with Crippen molar-refractivity contribution in [3.8, 4) is 5.88 Å². The molecule has 1 atom stereocenters. The molecule has 2 aromatic heterocycles. The van der Waals surface area contributed by atoms with E-state index in [4.69, 9.17) is 16.7 Å². The summed E-state index contributed by atoms with van der Waals surface area (Å²) in [6.07, 6.45) is 2.01. The summed E-state index contributed by atoms with van der Waals surface area (Å²) in [6.45, 7) is 5.60. The second-order valence-electron chi connectivity index (χ2n) is 4.68. The lowest BCUT2D eigenvalue weighted by atomic mass is 10.2. The van der Waals surface area contributed by atoms with Crippen LogP contribution in [0.1, 0.15) is 37.6 Å². The fraction of sp³-hybridized carbons (Fsp3) is 0.385. The molecule has 0 aromatic carbocycles. The second-order valence-corrected chi connectivity index (χ2v) is 5.06. The largest absolute Gasteiger partial charge is 0.494 e. The summed E-state index contributed by atoms with van der Waals surface area (Å²) in [5.41, 5.74) is -0.467. The molecule has 0 unspecified atom stereocenters. The van der Waals surface area contributed by atoms with Crippen molar-refractivity contribution in [3.63, 3.8) is 0 Å². The molecule has 0 bridgehead atoms. The Morgan fingerprint density at radius 2 is 2.38 bits per heavy atom. The smallest absolute Gasteiger partial charge is 0.264 e. The van der Waals surface area contributed by atoms with Crippen molar-refractivity contribution in [3.05, 3.63) is 32.5 Å². The van der Waals surface area contributed by atoms with Gasteiger partial charge in [0.15, 0.2) is 10.6 Å². The molecule has 0 saturated carbocycles. The third-order valence-corrected chi connectivity index (χ3v) is 3.42. The predicted octanol–water partition coefficient (Wildman–Crippen LogP) is 2.63. The number of aryl methyl sites for hydroxylation is 1. The molecule has 2 heterocycles. The number of nitrogens with zero attached hydrogens (tertiary/aromatic N) is 3. The third-order valence-electron chi connectivity index (χ3n) is 3.13. The minimum absolute atomic E-state index is 0.0320. The number of nitrogens with one attached hydrogen (secondary N) is 1. The van der Waals surface area contributed by atoms with Crippen molar-refractivity contribution in [1.82, 2.24) is 14.7 Å². The highest BCUT2D eigenvalue weighted by Crippen LogP contribution is 2.20. The Balaban J connectivity index is 2.51. The zero-order valence-electron chi connectivity index (χ0n) is 12.0. The summed E-state index contributed by atoms with van der Waals surface area (Å²) in [7, 11) is 0. The number of hydrogen-bond donors (Lipinski definition) is 2. The molecule has 0 spiro atoms. The Morgan fingerprint density at radius 3 is 2.95 bits per heavy atom. The van der Waals surface area contributed by atoms with Crippen LogP contribution in [0, 0.1) is 11.7 Å². The number of aromatic nitrogens is 3. The Bertz CT molecular complexity index is 787. The van der Waals surface area contributed by atoms with E-state index in [-0.39, 0.29) is 22.3 Å². The van der Waals surface area contributed by atoms with Crippen molar-refractivity contribution in [1.29, 1.82) is 0 Å². The molecular weight excluding hydrogens is 292 g/mol. The van der Waals surface area contributed by atoms with E-state index in [2.05, 4.69) is 15.1 Å². The molecule has 0 saturated heterocycles. The normalized spacial score (nSPS) is 12.9. The summed E-state index contributed by atoms with van der Waals surface area (Å²) >= 11 is 5.09. The van der Waals surface area contributed by atoms with Gasteiger partial charge < -0.3 is 9.63 Å². The Morgan fingerprint density at radius 1 is 1.67 bits per heavy atom. The molecule has 21 heavy (non-hydrogen) atoms. The van der Waals surface area contributed by atoms with E-state index in [0.29, 0.717) is 11.6 Å². The van der Waals surface area contributed by atoms with Crippen molar-refractivity contribution in [2.75, 3.05) is 0 Å². The zero-order chi connectivity index (χ0) is 15.6. The lowest BCUT2D eigenvalue weighted by Gasteiger charge is -2.16. The lowest BCUT2D eigenvalue weighted by molar-refractivity contribution is 0.371. The monoisotopic (exact) mass is 308 g/mol. The van der Waals surface area contributed by atoms with Crippen LogP contribution in [0.25, 0.3) is 0 Å².